The number of hydrogen-bond acceptors (Lipinski definition) is 7. The minimum atomic E-state index is -0.330. The van der Waals surface area contributed by atoms with E-state index in [-0.39, 0.29) is 11.7 Å². The molecule has 1 N–H and O–H groups in total. The molecule has 0 atom stereocenters. The van der Waals surface area contributed by atoms with Crippen molar-refractivity contribution in [2.45, 2.75) is 13.3 Å². The number of benzene rings is 3. The maximum Gasteiger partial charge on any atom is 0.291 e. The Balaban J connectivity index is 1.29. The van der Waals surface area contributed by atoms with Gasteiger partial charge in [0.1, 0.15) is 28.0 Å². The monoisotopic (exact) mass is 514 g/mol. The first-order valence-corrected chi connectivity index (χ1v) is 12.5. The number of fused-ring (bicyclic) bond motifs is 1. The summed E-state index contributed by atoms with van der Waals surface area (Å²) in [6, 6.07) is 20.9. The van der Waals surface area contributed by atoms with Crippen molar-refractivity contribution in [1.82, 2.24) is 4.98 Å². The van der Waals surface area contributed by atoms with E-state index in [1.54, 1.807) is 56.9 Å². The molecule has 7 nitrogen and oxygen atoms in total. The Morgan fingerprint density at radius 1 is 0.919 bits per heavy atom. The molecule has 0 saturated carbocycles. The fraction of sp³-hybridized carbons (Fsp3) is 0.172. The van der Waals surface area contributed by atoms with E-state index in [0.29, 0.717) is 35.1 Å². The smallest absolute Gasteiger partial charge is 0.291 e. The van der Waals surface area contributed by atoms with Gasteiger partial charge in [0, 0.05) is 35.4 Å². The number of amides is 1. The molecule has 0 fully saturated rings. The number of methoxy groups -OCH3 is 3. The van der Waals surface area contributed by atoms with Crippen LogP contribution in [-0.4, -0.2) is 32.2 Å². The molecule has 188 valence electrons. The summed E-state index contributed by atoms with van der Waals surface area (Å²) in [5.74, 6) is 2.34. The van der Waals surface area contributed by atoms with Crippen molar-refractivity contribution in [2.75, 3.05) is 26.6 Å². The molecular weight excluding hydrogens is 488 g/mol. The molecule has 2 aromatic heterocycles. The summed E-state index contributed by atoms with van der Waals surface area (Å²) < 4.78 is 23.3. The van der Waals surface area contributed by atoms with Crippen molar-refractivity contribution in [3.8, 4) is 27.8 Å². The second-order valence-electron chi connectivity index (χ2n) is 8.47. The summed E-state index contributed by atoms with van der Waals surface area (Å²) in [5.41, 5.74) is 4.67. The van der Waals surface area contributed by atoms with Gasteiger partial charge in [0.25, 0.3) is 5.91 Å². The van der Waals surface area contributed by atoms with E-state index in [1.807, 2.05) is 30.3 Å². The number of carbonyl (C=O) groups is 1. The van der Waals surface area contributed by atoms with Gasteiger partial charge in [0.2, 0.25) is 0 Å². The van der Waals surface area contributed by atoms with E-state index in [9.17, 15) is 4.79 Å². The summed E-state index contributed by atoms with van der Waals surface area (Å²) in [4.78, 5) is 17.6. The molecular formula is C29H26N2O5S. The van der Waals surface area contributed by atoms with Crippen LogP contribution in [0.2, 0.25) is 0 Å². The molecule has 0 radical (unpaired) electrons. The van der Waals surface area contributed by atoms with E-state index in [4.69, 9.17) is 23.6 Å². The van der Waals surface area contributed by atoms with Gasteiger partial charge in [-0.25, -0.2) is 4.98 Å². The quantitative estimate of drug-likeness (QED) is 0.247. The van der Waals surface area contributed by atoms with Crippen molar-refractivity contribution in [3.63, 3.8) is 0 Å². The van der Waals surface area contributed by atoms with Crippen molar-refractivity contribution < 1.29 is 23.4 Å². The molecule has 5 rings (SSSR count). The van der Waals surface area contributed by atoms with Crippen LogP contribution in [0.4, 0.5) is 5.69 Å². The van der Waals surface area contributed by atoms with Gasteiger partial charge in [0.05, 0.1) is 31.5 Å². The van der Waals surface area contributed by atoms with Gasteiger partial charge in [-0.1, -0.05) is 6.07 Å². The fourth-order valence-corrected chi connectivity index (χ4v) is 5.13. The van der Waals surface area contributed by atoms with Crippen LogP contribution in [0, 0.1) is 6.92 Å². The van der Waals surface area contributed by atoms with Crippen LogP contribution in [0.15, 0.2) is 71.1 Å². The largest absolute Gasteiger partial charge is 0.496 e. The van der Waals surface area contributed by atoms with E-state index >= 15 is 0 Å². The topological polar surface area (TPSA) is 82.8 Å². The summed E-state index contributed by atoms with van der Waals surface area (Å²) in [6.07, 6.45) is 0.389. The van der Waals surface area contributed by atoms with Crippen LogP contribution in [0.3, 0.4) is 0 Å². The first kappa shape index (κ1) is 24.4. The Morgan fingerprint density at radius 3 is 2.32 bits per heavy atom. The van der Waals surface area contributed by atoms with Crippen LogP contribution in [0.5, 0.6) is 17.2 Å². The Morgan fingerprint density at radius 2 is 1.65 bits per heavy atom. The lowest BCUT2D eigenvalue weighted by molar-refractivity contribution is 0.0995. The molecule has 0 spiro atoms. The number of furan rings is 1. The highest BCUT2D eigenvalue weighted by molar-refractivity contribution is 7.21. The summed E-state index contributed by atoms with van der Waals surface area (Å²) in [5, 5.41) is 3.84. The molecule has 0 unspecified atom stereocenters. The van der Waals surface area contributed by atoms with Crippen molar-refractivity contribution in [3.05, 3.63) is 89.4 Å². The average molecular weight is 515 g/mol. The Labute approximate surface area is 218 Å². The predicted octanol–water partition coefficient (Wildman–Crippen LogP) is 6.73. The zero-order valence-electron chi connectivity index (χ0n) is 21.0. The Hall–Kier alpha value is -4.30. The molecule has 0 bridgehead atoms. The number of nitrogens with zero attached hydrogens (tertiary/aromatic N) is 1. The highest BCUT2D eigenvalue weighted by Gasteiger charge is 2.18. The zero-order valence-corrected chi connectivity index (χ0v) is 21.8. The number of rotatable bonds is 8. The third-order valence-corrected chi connectivity index (χ3v) is 7.05. The van der Waals surface area contributed by atoms with Crippen LogP contribution in [0.1, 0.15) is 27.4 Å². The Bertz CT molecular complexity index is 1540. The fourth-order valence-electron chi connectivity index (χ4n) is 4.07. The average Bonchev–Trinajstić information content (AvgIpc) is 3.56. The maximum atomic E-state index is 12.8. The van der Waals surface area contributed by atoms with E-state index in [1.165, 1.54) is 5.56 Å². The number of nitrogens with one attached hydrogen (secondary N) is 1. The van der Waals surface area contributed by atoms with Crippen LogP contribution < -0.4 is 19.5 Å². The van der Waals surface area contributed by atoms with Gasteiger partial charge in [-0.05, 0) is 61.0 Å². The minimum absolute atomic E-state index is 0.215. The zero-order chi connectivity index (χ0) is 25.9. The number of hydrogen-bond donors (Lipinski definition) is 1. The molecule has 8 heteroatoms. The lowest BCUT2D eigenvalue weighted by Crippen LogP contribution is -2.10. The lowest BCUT2D eigenvalue weighted by Gasteiger charge is -2.14. The highest BCUT2D eigenvalue weighted by atomic mass is 32.1. The van der Waals surface area contributed by atoms with Gasteiger partial charge in [-0.2, -0.15) is 0 Å². The standard InChI is InChI=1S/C29H26N2O5S/c1-17-5-11-23-27(13-17)37-29(31-23)18-6-8-19(9-7-18)30-28(32)24-12-10-20(36-24)14-22-25(34-3)15-21(33-2)16-26(22)35-4/h5-13,15-16H,14H2,1-4H3,(H,30,32). The number of aromatic nitrogens is 1. The highest BCUT2D eigenvalue weighted by Crippen LogP contribution is 2.36. The number of carbonyl (C=O) groups excluding carboxylic acids is 1. The van der Waals surface area contributed by atoms with Gasteiger partial charge < -0.3 is 23.9 Å². The number of anilines is 1. The molecule has 37 heavy (non-hydrogen) atoms. The van der Waals surface area contributed by atoms with Gasteiger partial charge in [0.15, 0.2) is 5.76 Å². The van der Waals surface area contributed by atoms with E-state index in [2.05, 4.69) is 24.4 Å². The normalized spacial score (nSPS) is 10.9. The third-order valence-electron chi connectivity index (χ3n) is 5.99. The van der Waals surface area contributed by atoms with Crippen molar-refractivity contribution in [2.24, 2.45) is 0 Å². The maximum absolute atomic E-state index is 12.8. The van der Waals surface area contributed by atoms with Gasteiger partial charge >= 0.3 is 0 Å². The predicted molar refractivity (Wildman–Crippen MR) is 145 cm³/mol. The second-order valence-corrected chi connectivity index (χ2v) is 9.51. The summed E-state index contributed by atoms with van der Waals surface area (Å²) in [7, 11) is 4.75. The number of thiazole rings is 1. The number of ether oxygens (including phenoxy) is 3. The van der Waals surface area contributed by atoms with Crippen molar-refractivity contribution >= 4 is 33.1 Å². The summed E-state index contributed by atoms with van der Waals surface area (Å²) in [6.45, 7) is 2.07. The van der Waals surface area contributed by atoms with Gasteiger partial charge in [-0.3, -0.25) is 4.79 Å². The van der Waals surface area contributed by atoms with Crippen LogP contribution in [-0.2, 0) is 6.42 Å². The first-order chi connectivity index (χ1) is 18.0. The van der Waals surface area contributed by atoms with Crippen LogP contribution >= 0.6 is 11.3 Å². The third kappa shape index (κ3) is 5.15. The number of aryl methyl sites for hydroxylation is 1. The van der Waals surface area contributed by atoms with Gasteiger partial charge in [-0.15, -0.1) is 11.3 Å². The molecule has 0 aliphatic heterocycles. The van der Waals surface area contributed by atoms with Crippen molar-refractivity contribution in [1.29, 1.82) is 0 Å². The summed E-state index contributed by atoms with van der Waals surface area (Å²) >= 11 is 1.65. The minimum Gasteiger partial charge on any atom is -0.496 e. The first-order valence-electron chi connectivity index (χ1n) is 11.6. The van der Waals surface area contributed by atoms with E-state index in [0.717, 1.165) is 26.4 Å². The van der Waals surface area contributed by atoms with E-state index < -0.39 is 0 Å². The van der Waals surface area contributed by atoms with Crippen LogP contribution in [0.25, 0.3) is 20.8 Å². The molecule has 2 heterocycles. The molecule has 0 aliphatic rings. The SMILES string of the molecule is COc1cc(OC)c(Cc2ccc(C(=O)Nc3ccc(-c4nc5ccc(C)cc5s4)cc3)o2)c(OC)c1. The molecule has 0 saturated heterocycles. The Kier molecular flexibility index (Phi) is 6.83. The molecule has 0 aliphatic carbocycles. The molecule has 5 aromatic rings. The lowest BCUT2D eigenvalue weighted by atomic mass is 10.1. The molecule has 3 aromatic carbocycles. The second kappa shape index (κ2) is 10.4. The molecule has 1 amide bonds.